The fourth-order valence-corrected chi connectivity index (χ4v) is 2.54. The lowest BCUT2D eigenvalue weighted by atomic mass is 10.1. The molecule has 0 fully saturated rings. The van der Waals surface area contributed by atoms with E-state index in [9.17, 15) is 18.1 Å². The van der Waals surface area contributed by atoms with Crippen LogP contribution in [0.2, 0.25) is 0 Å². The van der Waals surface area contributed by atoms with Gasteiger partial charge in [-0.1, -0.05) is 12.1 Å². The van der Waals surface area contributed by atoms with Gasteiger partial charge in [-0.2, -0.15) is 15.2 Å². The van der Waals surface area contributed by atoms with Crippen molar-refractivity contribution >= 4 is 29.4 Å². The molecule has 0 aliphatic rings. The second kappa shape index (κ2) is 9.30. The monoisotopic (exact) mass is 383 g/mol. The predicted molar refractivity (Wildman–Crippen MR) is 96.6 cm³/mol. The first kappa shape index (κ1) is 19.9. The molecule has 5 nitrogen and oxygen atoms in total. The number of carbonyl (C=O) groups excluding carboxylic acids is 1. The molecule has 0 saturated carbocycles. The third-order valence-corrected chi connectivity index (χ3v) is 4.03. The van der Waals surface area contributed by atoms with Crippen molar-refractivity contribution in [3.8, 4) is 12.1 Å². The summed E-state index contributed by atoms with van der Waals surface area (Å²) in [6, 6.07) is 11.1. The topological polar surface area (TPSA) is 99.7 Å². The number of benzene rings is 2. The molecule has 0 heterocycles. The standard InChI is InChI=1S/C19H11F2N3O2S/c20-17-9-13(11-22)1-3-15(17)5-6-19(25)24-27(26)8-7-16-4-2-14(12-23)10-18(16)21/h1-10H,(H,24,25)/b6-5+,8-7-. The molecule has 27 heavy (non-hydrogen) atoms. The first-order valence-corrected chi connectivity index (χ1v) is 8.61. The molecule has 0 bridgehead atoms. The van der Waals surface area contributed by atoms with Crippen LogP contribution in [0.15, 0.2) is 47.9 Å². The highest BCUT2D eigenvalue weighted by atomic mass is 32.2. The Morgan fingerprint density at radius 3 is 2.00 bits per heavy atom. The number of nitrogens with one attached hydrogen (secondary N) is 1. The zero-order valence-electron chi connectivity index (χ0n) is 13.6. The Morgan fingerprint density at radius 2 is 1.52 bits per heavy atom. The van der Waals surface area contributed by atoms with Crippen LogP contribution in [0.5, 0.6) is 0 Å². The van der Waals surface area contributed by atoms with Crippen LogP contribution in [0.25, 0.3) is 12.2 Å². The maximum atomic E-state index is 13.7. The molecule has 1 amide bonds. The van der Waals surface area contributed by atoms with Gasteiger partial charge >= 0.3 is 0 Å². The fraction of sp³-hybridized carbons (Fsp3) is 0. The van der Waals surface area contributed by atoms with Crippen LogP contribution >= 0.6 is 0 Å². The molecule has 0 saturated heterocycles. The Hall–Kier alpha value is -3.46. The summed E-state index contributed by atoms with van der Waals surface area (Å²) in [7, 11) is 0. The molecule has 0 radical (unpaired) electrons. The van der Waals surface area contributed by atoms with Crippen LogP contribution in [-0.4, -0.2) is 10.5 Å². The van der Waals surface area contributed by atoms with Gasteiger partial charge in [-0.3, -0.25) is 4.79 Å². The Bertz CT molecular complexity index is 1010. The van der Waals surface area contributed by atoms with E-state index >= 15 is 0 Å². The van der Waals surface area contributed by atoms with Crippen LogP contribution in [0.1, 0.15) is 22.3 Å². The summed E-state index contributed by atoms with van der Waals surface area (Å²) in [5.74, 6) is -2.08. The molecule has 1 N–H and O–H groups in total. The lowest BCUT2D eigenvalue weighted by molar-refractivity contribution is -0.114. The normalized spacial score (nSPS) is 11.9. The van der Waals surface area contributed by atoms with Gasteiger partial charge in [0, 0.05) is 17.2 Å². The van der Waals surface area contributed by atoms with Gasteiger partial charge in [-0.25, -0.2) is 8.78 Å². The van der Waals surface area contributed by atoms with Gasteiger partial charge in [-0.05, 0) is 36.4 Å². The highest BCUT2D eigenvalue weighted by Gasteiger charge is 2.08. The molecule has 2 aromatic rings. The van der Waals surface area contributed by atoms with E-state index in [0.29, 0.717) is 0 Å². The van der Waals surface area contributed by atoms with E-state index in [1.165, 1.54) is 36.4 Å². The smallest absolute Gasteiger partial charge is 0.285 e. The van der Waals surface area contributed by atoms with Crippen molar-refractivity contribution in [2.75, 3.05) is 0 Å². The van der Waals surface area contributed by atoms with Gasteiger partial charge in [0.25, 0.3) is 5.91 Å². The lowest BCUT2D eigenvalue weighted by Crippen LogP contribution is -2.26. The number of amides is 1. The fourth-order valence-electron chi connectivity index (χ4n) is 1.93. The minimum Gasteiger partial charge on any atom is -0.588 e. The van der Waals surface area contributed by atoms with E-state index in [0.717, 1.165) is 23.6 Å². The van der Waals surface area contributed by atoms with Crippen molar-refractivity contribution in [1.82, 2.24) is 4.72 Å². The Labute approximate surface area is 157 Å². The largest absolute Gasteiger partial charge is 0.588 e. The molecule has 0 spiro atoms. The van der Waals surface area contributed by atoms with E-state index < -0.39 is 28.9 Å². The second-order valence-corrected chi connectivity index (χ2v) is 6.17. The molecule has 1 unspecified atom stereocenters. The average molecular weight is 383 g/mol. The molecule has 0 aliphatic heterocycles. The van der Waals surface area contributed by atoms with Gasteiger partial charge in [0.1, 0.15) is 28.4 Å². The van der Waals surface area contributed by atoms with Gasteiger partial charge in [0.15, 0.2) is 0 Å². The van der Waals surface area contributed by atoms with E-state index in [2.05, 4.69) is 4.72 Å². The predicted octanol–water partition coefficient (Wildman–Crippen LogP) is 3.17. The summed E-state index contributed by atoms with van der Waals surface area (Å²) in [4.78, 5) is 11.7. The summed E-state index contributed by atoms with van der Waals surface area (Å²) in [6.45, 7) is 0. The highest BCUT2D eigenvalue weighted by molar-refractivity contribution is 7.93. The maximum absolute atomic E-state index is 13.7. The van der Waals surface area contributed by atoms with Crippen molar-refractivity contribution in [1.29, 1.82) is 10.5 Å². The zero-order chi connectivity index (χ0) is 19.8. The number of nitrogens with zero attached hydrogens (tertiary/aromatic N) is 2. The molecule has 8 heteroatoms. The number of carbonyl (C=O) groups is 1. The number of rotatable bonds is 5. The number of halogens is 2. The van der Waals surface area contributed by atoms with Crippen molar-refractivity contribution in [3.63, 3.8) is 0 Å². The van der Waals surface area contributed by atoms with Crippen molar-refractivity contribution < 1.29 is 18.1 Å². The first-order chi connectivity index (χ1) is 12.9. The molecule has 2 aromatic carbocycles. The quantitative estimate of drug-likeness (QED) is 0.633. The van der Waals surface area contributed by atoms with Crippen molar-refractivity contribution in [3.05, 3.63) is 81.8 Å². The second-order valence-electron chi connectivity index (χ2n) is 5.10. The third kappa shape index (κ3) is 5.79. The Balaban J connectivity index is 1.97. The van der Waals surface area contributed by atoms with Gasteiger partial charge < -0.3 is 4.55 Å². The number of hydrogen-bond donors (Lipinski definition) is 1. The summed E-state index contributed by atoms with van der Waals surface area (Å²) in [5, 5.41) is 18.4. The van der Waals surface area contributed by atoms with Gasteiger partial charge in [0.05, 0.1) is 23.3 Å². The molecular weight excluding hydrogens is 372 g/mol. The van der Waals surface area contributed by atoms with Crippen LogP contribution in [0.3, 0.4) is 0 Å². The molecule has 0 aliphatic carbocycles. The summed E-state index contributed by atoms with van der Waals surface area (Å²) in [6.07, 6.45) is 3.36. The molecule has 2 rings (SSSR count). The Kier molecular flexibility index (Phi) is 6.84. The number of nitriles is 2. The van der Waals surface area contributed by atoms with Crippen molar-refractivity contribution in [2.24, 2.45) is 0 Å². The van der Waals surface area contributed by atoms with Crippen LogP contribution in [0.4, 0.5) is 8.78 Å². The highest BCUT2D eigenvalue weighted by Crippen LogP contribution is 2.13. The summed E-state index contributed by atoms with van der Waals surface area (Å²) in [5.41, 5.74) is 0.492. The van der Waals surface area contributed by atoms with Crippen molar-refractivity contribution in [2.45, 2.75) is 0 Å². The zero-order valence-corrected chi connectivity index (χ0v) is 14.5. The Morgan fingerprint density at radius 1 is 1.00 bits per heavy atom. The molecule has 1 atom stereocenters. The van der Waals surface area contributed by atoms with E-state index in [1.807, 2.05) is 0 Å². The van der Waals surface area contributed by atoms with Crippen LogP contribution in [0, 0.1) is 34.3 Å². The van der Waals surface area contributed by atoms with Crippen LogP contribution in [-0.2, 0) is 16.2 Å². The average Bonchev–Trinajstić information content (AvgIpc) is 2.65. The number of hydrogen-bond acceptors (Lipinski definition) is 4. The minimum atomic E-state index is -1.93. The molecule has 134 valence electrons. The summed E-state index contributed by atoms with van der Waals surface area (Å²) >= 11 is -1.93. The van der Waals surface area contributed by atoms with Gasteiger partial charge in [-0.15, -0.1) is 0 Å². The minimum absolute atomic E-state index is 0.0881. The van der Waals surface area contributed by atoms with Crippen LogP contribution < -0.4 is 4.72 Å². The van der Waals surface area contributed by atoms with E-state index in [1.54, 1.807) is 12.1 Å². The van der Waals surface area contributed by atoms with E-state index in [4.69, 9.17) is 10.5 Å². The first-order valence-electron chi connectivity index (χ1n) is 7.39. The lowest BCUT2D eigenvalue weighted by Gasteiger charge is -2.04. The molecular formula is C19H11F2N3O2S. The molecule has 0 aromatic heterocycles. The maximum Gasteiger partial charge on any atom is 0.285 e. The SMILES string of the molecule is N#Cc1ccc(/C=C\[S+]([O-])NC(=O)/C=C/c2ccc(C#N)cc2F)c(F)c1. The third-order valence-electron chi connectivity index (χ3n) is 3.25. The summed E-state index contributed by atoms with van der Waals surface area (Å²) < 4.78 is 41.3. The van der Waals surface area contributed by atoms with Gasteiger partial charge in [0.2, 0.25) is 0 Å². The van der Waals surface area contributed by atoms with E-state index in [-0.39, 0.29) is 22.3 Å².